The van der Waals surface area contributed by atoms with Crippen LogP contribution in [0, 0.1) is 6.92 Å². The van der Waals surface area contributed by atoms with Crippen LogP contribution in [0.2, 0.25) is 0 Å². The second kappa shape index (κ2) is 7.57. The Labute approximate surface area is 125 Å². The average Bonchev–Trinajstić information content (AvgIpc) is 2.15. The number of benzene rings is 1. The van der Waals surface area contributed by atoms with E-state index in [4.69, 9.17) is 5.73 Å². The number of aryl methyl sites for hydroxylation is 1. The van der Waals surface area contributed by atoms with Gasteiger partial charge in [-0.1, -0.05) is 12.1 Å². The quantitative estimate of drug-likeness (QED) is 0.468. The van der Waals surface area contributed by atoms with E-state index in [1.807, 2.05) is 31.2 Å². The number of anilines is 1. The fourth-order valence-corrected chi connectivity index (χ4v) is 1.67. The van der Waals surface area contributed by atoms with Gasteiger partial charge in [0.1, 0.15) is 9.84 Å². The van der Waals surface area contributed by atoms with Crippen LogP contribution >= 0.6 is 24.0 Å². The Hall–Kier alpha value is -0.830. The van der Waals surface area contributed by atoms with Crippen molar-refractivity contribution in [2.75, 3.05) is 23.9 Å². The maximum atomic E-state index is 10.9. The lowest BCUT2D eigenvalue weighted by Gasteiger charge is -2.05. The van der Waals surface area contributed by atoms with Gasteiger partial charge in [0.2, 0.25) is 0 Å². The molecular formula is C11H18IN3O2S. The maximum absolute atomic E-state index is 10.9. The smallest absolute Gasteiger partial charge is 0.193 e. The van der Waals surface area contributed by atoms with E-state index < -0.39 is 9.84 Å². The van der Waals surface area contributed by atoms with E-state index in [9.17, 15) is 8.42 Å². The number of nitrogens with one attached hydrogen (secondary N) is 1. The molecule has 0 saturated carbocycles. The van der Waals surface area contributed by atoms with Gasteiger partial charge in [-0.2, -0.15) is 0 Å². The van der Waals surface area contributed by atoms with Gasteiger partial charge in [-0.05, 0) is 24.6 Å². The summed E-state index contributed by atoms with van der Waals surface area (Å²) >= 11 is 0. The Balaban J connectivity index is 0.00000289. The van der Waals surface area contributed by atoms with Crippen LogP contribution in [0.25, 0.3) is 0 Å². The lowest BCUT2D eigenvalue weighted by Crippen LogP contribution is -2.23. The highest BCUT2D eigenvalue weighted by Crippen LogP contribution is 2.08. The third kappa shape index (κ3) is 7.49. The molecule has 0 atom stereocenters. The van der Waals surface area contributed by atoms with Crippen molar-refractivity contribution < 1.29 is 8.42 Å². The molecule has 0 aromatic heterocycles. The molecule has 0 amide bonds. The van der Waals surface area contributed by atoms with E-state index in [0.29, 0.717) is 0 Å². The van der Waals surface area contributed by atoms with Crippen molar-refractivity contribution in [2.45, 2.75) is 6.92 Å². The van der Waals surface area contributed by atoms with Crippen LogP contribution in [0.1, 0.15) is 5.56 Å². The molecule has 5 nitrogen and oxygen atoms in total. The molecular weight excluding hydrogens is 365 g/mol. The summed E-state index contributed by atoms with van der Waals surface area (Å²) in [6.07, 6.45) is 1.17. The van der Waals surface area contributed by atoms with Gasteiger partial charge in [-0.3, -0.25) is 4.99 Å². The lowest BCUT2D eigenvalue weighted by molar-refractivity contribution is 0.601. The Morgan fingerprint density at radius 2 is 2.11 bits per heavy atom. The highest BCUT2D eigenvalue weighted by molar-refractivity contribution is 14.0. The SMILES string of the molecule is Cc1cccc(NC(N)=NCCS(C)(=O)=O)c1.I. The van der Waals surface area contributed by atoms with Crippen molar-refractivity contribution in [2.24, 2.45) is 10.7 Å². The highest BCUT2D eigenvalue weighted by Gasteiger charge is 2.00. The predicted octanol–water partition coefficient (Wildman–Crippen LogP) is 1.38. The molecule has 0 bridgehead atoms. The number of aliphatic imine (C=N–C) groups is 1. The molecule has 18 heavy (non-hydrogen) atoms. The molecule has 0 aliphatic carbocycles. The number of nitrogens with zero attached hydrogens (tertiary/aromatic N) is 1. The van der Waals surface area contributed by atoms with E-state index in [1.165, 1.54) is 6.26 Å². The molecule has 0 spiro atoms. The number of guanidine groups is 1. The first-order chi connectivity index (χ1) is 7.87. The van der Waals surface area contributed by atoms with Gasteiger partial charge in [0.25, 0.3) is 0 Å². The maximum Gasteiger partial charge on any atom is 0.193 e. The molecule has 1 aromatic rings. The molecule has 0 radical (unpaired) electrons. The average molecular weight is 383 g/mol. The van der Waals surface area contributed by atoms with Crippen molar-refractivity contribution in [1.29, 1.82) is 0 Å². The van der Waals surface area contributed by atoms with Gasteiger partial charge in [0, 0.05) is 11.9 Å². The van der Waals surface area contributed by atoms with Gasteiger partial charge in [0.15, 0.2) is 5.96 Å². The monoisotopic (exact) mass is 383 g/mol. The molecule has 102 valence electrons. The summed E-state index contributed by atoms with van der Waals surface area (Å²) in [5.41, 5.74) is 7.58. The van der Waals surface area contributed by atoms with Crippen LogP contribution in [0.3, 0.4) is 0 Å². The molecule has 0 unspecified atom stereocenters. The molecule has 0 heterocycles. The predicted molar refractivity (Wildman–Crippen MR) is 86.4 cm³/mol. The van der Waals surface area contributed by atoms with Crippen LogP contribution in [-0.4, -0.2) is 32.9 Å². The van der Waals surface area contributed by atoms with E-state index in [1.54, 1.807) is 0 Å². The van der Waals surface area contributed by atoms with Crippen LogP contribution < -0.4 is 11.1 Å². The summed E-state index contributed by atoms with van der Waals surface area (Å²) in [5.74, 6) is 0.225. The van der Waals surface area contributed by atoms with E-state index in [-0.39, 0.29) is 42.2 Å². The van der Waals surface area contributed by atoms with Crippen LogP contribution in [0.5, 0.6) is 0 Å². The number of rotatable bonds is 4. The first-order valence-corrected chi connectivity index (χ1v) is 7.24. The summed E-state index contributed by atoms with van der Waals surface area (Å²) in [5, 5.41) is 2.90. The van der Waals surface area contributed by atoms with Gasteiger partial charge < -0.3 is 11.1 Å². The zero-order valence-electron chi connectivity index (χ0n) is 10.4. The zero-order chi connectivity index (χ0) is 12.9. The Bertz CT molecular complexity index is 515. The first-order valence-electron chi connectivity index (χ1n) is 5.18. The molecule has 1 aromatic carbocycles. The minimum Gasteiger partial charge on any atom is -0.370 e. The first kappa shape index (κ1) is 17.2. The second-order valence-electron chi connectivity index (χ2n) is 3.89. The molecule has 0 aliphatic rings. The largest absolute Gasteiger partial charge is 0.370 e. The normalized spacial score (nSPS) is 11.8. The highest BCUT2D eigenvalue weighted by atomic mass is 127. The van der Waals surface area contributed by atoms with Gasteiger partial charge in [0.05, 0.1) is 12.3 Å². The summed E-state index contributed by atoms with van der Waals surface area (Å²) < 4.78 is 21.8. The Kier molecular flexibility index (Phi) is 7.22. The lowest BCUT2D eigenvalue weighted by atomic mass is 10.2. The number of nitrogens with two attached hydrogens (primary N) is 1. The van der Waals surface area contributed by atoms with E-state index in [0.717, 1.165) is 11.3 Å². The minimum absolute atomic E-state index is 0. The van der Waals surface area contributed by atoms with Crippen molar-refractivity contribution in [3.8, 4) is 0 Å². The molecule has 0 fully saturated rings. The van der Waals surface area contributed by atoms with Crippen molar-refractivity contribution in [3.63, 3.8) is 0 Å². The summed E-state index contributed by atoms with van der Waals surface area (Å²) in [6.45, 7) is 2.14. The van der Waals surface area contributed by atoms with Crippen molar-refractivity contribution in [1.82, 2.24) is 0 Å². The van der Waals surface area contributed by atoms with Gasteiger partial charge in [-0.15, -0.1) is 24.0 Å². The summed E-state index contributed by atoms with van der Waals surface area (Å²) in [7, 11) is -2.99. The zero-order valence-corrected chi connectivity index (χ0v) is 13.5. The number of halogens is 1. The van der Waals surface area contributed by atoms with E-state index >= 15 is 0 Å². The number of hydrogen-bond acceptors (Lipinski definition) is 3. The molecule has 1 rings (SSSR count). The Morgan fingerprint density at radius 3 is 2.67 bits per heavy atom. The standard InChI is InChI=1S/C11H17N3O2S.HI/c1-9-4-3-5-10(8-9)14-11(12)13-6-7-17(2,15)16;/h3-5,8H,6-7H2,1-2H3,(H3,12,13,14);1H. The van der Waals surface area contributed by atoms with E-state index in [2.05, 4.69) is 10.3 Å². The fourth-order valence-electron chi connectivity index (χ4n) is 1.24. The molecule has 7 heteroatoms. The number of hydrogen-bond donors (Lipinski definition) is 2. The third-order valence-electron chi connectivity index (χ3n) is 2.03. The molecule has 3 N–H and O–H groups in total. The summed E-state index contributed by atoms with van der Waals surface area (Å²) in [6, 6.07) is 7.68. The van der Waals surface area contributed by atoms with Gasteiger partial charge >= 0.3 is 0 Å². The Morgan fingerprint density at radius 1 is 1.44 bits per heavy atom. The third-order valence-corrected chi connectivity index (χ3v) is 2.96. The van der Waals surface area contributed by atoms with Crippen molar-refractivity contribution in [3.05, 3.63) is 29.8 Å². The van der Waals surface area contributed by atoms with Gasteiger partial charge in [-0.25, -0.2) is 8.42 Å². The van der Waals surface area contributed by atoms with Crippen molar-refractivity contribution >= 4 is 45.5 Å². The fraction of sp³-hybridized carbons (Fsp3) is 0.364. The van der Waals surface area contributed by atoms with Crippen LogP contribution in [0.4, 0.5) is 5.69 Å². The summed E-state index contributed by atoms with van der Waals surface area (Å²) in [4.78, 5) is 3.94. The number of sulfone groups is 1. The second-order valence-corrected chi connectivity index (χ2v) is 6.15. The molecule has 0 aliphatic heterocycles. The molecule has 0 saturated heterocycles. The van der Waals surface area contributed by atoms with Crippen LogP contribution in [-0.2, 0) is 9.84 Å². The van der Waals surface area contributed by atoms with Crippen LogP contribution in [0.15, 0.2) is 29.3 Å². The topological polar surface area (TPSA) is 84.5 Å². The minimum atomic E-state index is -2.99.